The van der Waals surface area contributed by atoms with E-state index in [-0.39, 0.29) is 11.8 Å². The zero-order chi connectivity index (χ0) is 16.9. The molecule has 0 radical (unpaired) electrons. The molecule has 2 aromatic rings. The first-order chi connectivity index (χ1) is 11.7. The second kappa shape index (κ2) is 7.30. The number of carbonyl (C=O) groups is 2. The lowest BCUT2D eigenvalue weighted by Crippen LogP contribution is -2.35. The van der Waals surface area contributed by atoms with Crippen molar-refractivity contribution in [2.45, 2.75) is 26.2 Å². The van der Waals surface area contributed by atoms with Crippen molar-refractivity contribution in [2.24, 2.45) is 0 Å². The second-order valence-corrected chi connectivity index (χ2v) is 6.02. The number of fused-ring (bicyclic) bond motifs is 1. The molecule has 124 valence electrons. The fourth-order valence-corrected chi connectivity index (χ4v) is 3.01. The lowest BCUT2D eigenvalue weighted by Gasteiger charge is -2.29. The van der Waals surface area contributed by atoms with E-state index in [2.05, 4.69) is 11.4 Å². The van der Waals surface area contributed by atoms with Crippen LogP contribution in [0.25, 0.3) is 0 Å². The molecule has 0 aliphatic carbocycles. The van der Waals surface area contributed by atoms with Crippen LogP contribution in [0.15, 0.2) is 48.5 Å². The Morgan fingerprint density at radius 2 is 1.75 bits per heavy atom. The zero-order valence-electron chi connectivity index (χ0n) is 13.9. The summed E-state index contributed by atoms with van der Waals surface area (Å²) in [5, 5.41) is 2.84. The number of para-hydroxylation sites is 1. The van der Waals surface area contributed by atoms with Crippen LogP contribution in [0.3, 0.4) is 0 Å². The van der Waals surface area contributed by atoms with Crippen LogP contribution in [0.4, 0.5) is 5.69 Å². The van der Waals surface area contributed by atoms with Gasteiger partial charge in [-0.25, -0.2) is 0 Å². The summed E-state index contributed by atoms with van der Waals surface area (Å²) in [6.07, 6.45) is 2.88. The predicted molar refractivity (Wildman–Crippen MR) is 95.5 cm³/mol. The maximum absolute atomic E-state index is 12.8. The third-order valence-electron chi connectivity index (χ3n) is 4.28. The Kier molecular flexibility index (Phi) is 4.94. The molecule has 24 heavy (non-hydrogen) atoms. The van der Waals surface area contributed by atoms with E-state index in [0.29, 0.717) is 17.7 Å². The monoisotopic (exact) mass is 322 g/mol. The molecule has 0 bridgehead atoms. The minimum Gasteiger partial charge on any atom is -0.352 e. The van der Waals surface area contributed by atoms with Crippen molar-refractivity contribution in [3.8, 4) is 0 Å². The van der Waals surface area contributed by atoms with Gasteiger partial charge in [0.05, 0.1) is 0 Å². The number of hydrogen-bond donors (Lipinski definition) is 1. The summed E-state index contributed by atoms with van der Waals surface area (Å²) in [6, 6.07) is 15.0. The van der Waals surface area contributed by atoms with Crippen LogP contribution in [-0.4, -0.2) is 24.9 Å². The van der Waals surface area contributed by atoms with Gasteiger partial charge in [-0.3, -0.25) is 9.59 Å². The minimum atomic E-state index is -0.0980. The standard InChI is InChI=1S/C20H22N2O2/c1-2-13-21-19(23)16-9-11-17(12-10-16)20(24)22-14-5-7-15-6-3-4-8-18(15)22/h3-4,6,8-12H,2,5,7,13-14H2,1H3,(H,21,23). The Balaban J connectivity index is 1.78. The van der Waals surface area contributed by atoms with Crippen LogP contribution in [0, 0.1) is 0 Å². The third-order valence-corrected chi connectivity index (χ3v) is 4.28. The Morgan fingerprint density at radius 1 is 1.04 bits per heavy atom. The number of rotatable bonds is 4. The van der Waals surface area contributed by atoms with Crippen molar-refractivity contribution in [1.29, 1.82) is 0 Å². The highest BCUT2D eigenvalue weighted by atomic mass is 16.2. The van der Waals surface area contributed by atoms with Crippen molar-refractivity contribution in [3.63, 3.8) is 0 Å². The molecule has 2 amide bonds. The molecule has 1 heterocycles. The summed E-state index contributed by atoms with van der Waals surface area (Å²) in [6.45, 7) is 3.40. The Morgan fingerprint density at radius 3 is 2.50 bits per heavy atom. The quantitative estimate of drug-likeness (QED) is 0.937. The van der Waals surface area contributed by atoms with Gasteiger partial charge in [-0.15, -0.1) is 0 Å². The van der Waals surface area contributed by atoms with Gasteiger partial charge in [0.15, 0.2) is 0 Å². The number of nitrogens with zero attached hydrogens (tertiary/aromatic N) is 1. The molecule has 3 rings (SSSR count). The second-order valence-electron chi connectivity index (χ2n) is 6.02. The normalized spacial score (nSPS) is 13.3. The van der Waals surface area contributed by atoms with Gasteiger partial charge in [0.2, 0.25) is 0 Å². The molecule has 0 atom stereocenters. The van der Waals surface area contributed by atoms with Crippen molar-refractivity contribution in [3.05, 3.63) is 65.2 Å². The fraction of sp³-hybridized carbons (Fsp3) is 0.300. The summed E-state index contributed by atoms with van der Waals surface area (Å²) >= 11 is 0. The SMILES string of the molecule is CCCNC(=O)c1ccc(C(=O)N2CCCc3ccccc32)cc1. The summed E-state index contributed by atoms with van der Waals surface area (Å²) in [7, 11) is 0. The zero-order valence-corrected chi connectivity index (χ0v) is 13.9. The molecular weight excluding hydrogens is 300 g/mol. The number of carbonyl (C=O) groups excluding carboxylic acids is 2. The lowest BCUT2D eigenvalue weighted by atomic mass is 10.0. The van der Waals surface area contributed by atoms with E-state index in [1.807, 2.05) is 30.0 Å². The first kappa shape index (κ1) is 16.2. The molecule has 0 spiro atoms. The van der Waals surface area contributed by atoms with Crippen molar-refractivity contribution < 1.29 is 9.59 Å². The summed E-state index contributed by atoms with van der Waals surface area (Å²) < 4.78 is 0. The van der Waals surface area contributed by atoms with Gasteiger partial charge in [0.1, 0.15) is 0 Å². The first-order valence-electron chi connectivity index (χ1n) is 8.48. The molecule has 4 heteroatoms. The largest absolute Gasteiger partial charge is 0.352 e. The summed E-state index contributed by atoms with van der Waals surface area (Å²) in [5.74, 6) is -0.109. The van der Waals surface area contributed by atoms with Gasteiger partial charge >= 0.3 is 0 Å². The van der Waals surface area contributed by atoms with E-state index in [9.17, 15) is 9.59 Å². The number of hydrogen-bond acceptors (Lipinski definition) is 2. The first-order valence-corrected chi connectivity index (χ1v) is 8.48. The average molecular weight is 322 g/mol. The molecule has 0 fully saturated rings. The van der Waals surface area contributed by atoms with Crippen molar-refractivity contribution >= 4 is 17.5 Å². The van der Waals surface area contributed by atoms with E-state index in [1.54, 1.807) is 24.3 Å². The van der Waals surface area contributed by atoms with Gasteiger partial charge in [0, 0.05) is 29.9 Å². The summed E-state index contributed by atoms with van der Waals surface area (Å²) in [4.78, 5) is 26.6. The predicted octanol–water partition coefficient (Wildman–Crippen LogP) is 3.42. The van der Waals surface area contributed by atoms with Gasteiger partial charge in [-0.1, -0.05) is 25.1 Å². The van der Waals surface area contributed by atoms with Gasteiger partial charge in [-0.2, -0.15) is 0 Å². The molecule has 1 aliphatic heterocycles. The Hall–Kier alpha value is -2.62. The molecule has 4 nitrogen and oxygen atoms in total. The van der Waals surface area contributed by atoms with E-state index in [0.717, 1.165) is 31.5 Å². The number of benzene rings is 2. The van der Waals surface area contributed by atoms with Gasteiger partial charge in [0.25, 0.3) is 11.8 Å². The van der Waals surface area contributed by atoms with Crippen molar-refractivity contribution in [2.75, 3.05) is 18.0 Å². The molecule has 0 saturated heterocycles. The Bertz CT molecular complexity index is 738. The molecule has 0 aromatic heterocycles. The van der Waals surface area contributed by atoms with Crippen LogP contribution < -0.4 is 10.2 Å². The molecule has 0 saturated carbocycles. The molecular formula is C20H22N2O2. The van der Waals surface area contributed by atoms with Crippen LogP contribution >= 0.6 is 0 Å². The van der Waals surface area contributed by atoms with Crippen LogP contribution in [0.5, 0.6) is 0 Å². The van der Waals surface area contributed by atoms with Crippen LogP contribution in [-0.2, 0) is 6.42 Å². The molecule has 1 N–H and O–H groups in total. The van der Waals surface area contributed by atoms with Gasteiger partial charge < -0.3 is 10.2 Å². The smallest absolute Gasteiger partial charge is 0.258 e. The van der Waals surface area contributed by atoms with E-state index >= 15 is 0 Å². The lowest BCUT2D eigenvalue weighted by molar-refractivity contribution is 0.0950. The maximum atomic E-state index is 12.8. The van der Waals surface area contributed by atoms with E-state index in [4.69, 9.17) is 0 Å². The topological polar surface area (TPSA) is 49.4 Å². The van der Waals surface area contributed by atoms with Crippen LogP contribution in [0.2, 0.25) is 0 Å². The van der Waals surface area contributed by atoms with Crippen molar-refractivity contribution in [1.82, 2.24) is 5.32 Å². The average Bonchev–Trinajstić information content (AvgIpc) is 2.65. The van der Waals surface area contributed by atoms with Crippen LogP contribution in [0.1, 0.15) is 46.0 Å². The number of amides is 2. The van der Waals surface area contributed by atoms with E-state index in [1.165, 1.54) is 5.56 Å². The molecule has 2 aromatic carbocycles. The van der Waals surface area contributed by atoms with E-state index < -0.39 is 0 Å². The maximum Gasteiger partial charge on any atom is 0.258 e. The number of nitrogens with one attached hydrogen (secondary N) is 1. The summed E-state index contributed by atoms with van der Waals surface area (Å²) in [5.41, 5.74) is 3.41. The molecule has 0 unspecified atom stereocenters. The highest BCUT2D eigenvalue weighted by molar-refractivity contribution is 6.07. The molecule has 1 aliphatic rings. The number of aryl methyl sites for hydroxylation is 1. The highest BCUT2D eigenvalue weighted by Crippen LogP contribution is 2.28. The highest BCUT2D eigenvalue weighted by Gasteiger charge is 2.23. The van der Waals surface area contributed by atoms with Gasteiger partial charge in [-0.05, 0) is 55.2 Å². The number of anilines is 1. The Labute approximate surface area is 142 Å². The fourth-order valence-electron chi connectivity index (χ4n) is 3.01. The minimum absolute atomic E-state index is 0.0114. The third kappa shape index (κ3) is 3.32.